The molecule has 2 rings (SSSR count). The van der Waals surface area contributed by atoms with Crippen molar-refractivity contribution in [2.24, 2.45) is 17.6 Å². The summed E-state index contributed by atoms with van der Waals surface area (Å²) in [7, 11) is 0. The smallest absolute Gasteiger partial charge is 0.319 e. The number of urea groups is 1. The number of nitrogens with one attached hydrogen (secondary N) is 2. The van der Waals surface area contributed by atoms with Gasteiger partial charge in [-0.2, -0.15) is 0 Å². The Kier molecular flexibility index (Phi) is 5.23. The van der Waals surface area contributed by atoms with Crippen LogP contribution in [0, 0.1) is 11.8 Å². The van der Waals surface area contributed by atoms with Crippen molar-refractivity contribution in [3.8, 4) is 0 Å². The first-order valence-electron chi connectivity index (χ1n) is 7.90. The van der Waals surface area contributed by atoms with Crippen molar-refractivity contribution in [3.05, 3.63) is 29.8 Å². The quantitative estimate of drug-likeness (QED) is 0.795. The largest absolute Gasteiger partial charge is 0.335 e. The lowest BCUT2D eigenvalue weighted by atomic mass is 9.78. The number of rotatable bonds is 3. The van der Waals surface area contributed by atoms with Gasteiger partial charge in [-0.1, -0.05) is 38.8 Å². The molecule has 4 heteroatoms. The first-order chi connectivity index (χ1) is 9.97. The van der Waals surface area contributed by atoms with Crippen molar-refractivity contribution in [2.75, 3.05) is 5.32 Å². The van der Waals surface area contributed by atoms with Crippen LogP contribution in [0.25, 0.3) is 0 Å². The summed E-state index contributed by atoms with van der Waals surface area (Å²) in [4.78, 5) is 12.1. The number of hydrogen-bond donors (Lipinski definition) is 3. The van der Waals surface area contributed by atoms with E-state index in [1.807, 2.05) is 31.2 Å². The Hall–Kier alpha value is -1.55. The zero-order valence-electron chi connectivity index (χ0n) is 13.2. The zero-order chi connectivity index (χ0) is 15.4. The van der Waals surface area contributed by atoms with E-state index in [0.717, 1.165) is 17.7 Å². The number of nitrogens with two attached hydrogens (primary N) is 1. The van der Waals surface area contributed by atoms with E-state index in [1.165, 1.54) is 12.8 Å². The van der Waals surface area contributed by atoms with Gasteiger partial charge >= 0.3 is 6.03 Å². The van der Waals surface area contributed by atoms with Gasteiger partial charge in [0.15, 0.2) is 0 Å². The Morgan fingerprint density at radius 1 is 1.24 bits per heavy atom. The molecular formula is C17H27N3O. The molecule has 0 radical (unpaired) electrons. The van der Waals surface area contributed by atoms with E-state index in [2.05, 4.69) is 24.5 Å². The summed E-state index contributed by atoms with van der Waals surface area (Å²) in [6.07, 6.45) is 3.53. The summed E-state index contributed by atoms with van der Waals surface area (Å²) in [5.74, 6) is 1.21. The number of benzene rings is 1. The lowest BCUT2D eigenvalue weighted by Crippen LogP contribution is -2.45. The van der Waals surface area contributed by atoms with Crippen LogP contribution >= 0.6 is 0 Å². The highest BCUT2D eigenvalue weighted by Gasteiger charge is 2.28. The molecule has 0 saturated heterocycles. The molecule has 4 atom stereocenters. The van der Waals surface area contributed by atoms with Gasteiger partial charge in [0.1, 0.15) is 0 Å². The first-order valence-corrected chi connectivity index (χ1v) is 7.90. The van der Waals surface area contributed by atoms with Crippen LogP contribution in [0.3, 0.4) is 0 Å². The fourth-order valence-corrected chi connectivity index (χ4v) is 2.99. The topological polar surface area (TPSA) is 67.1 Å². The third kappa shape index (κ3) is 4.21. The fraction of sp³-hybridized carbons (Fsp3) is 0.588. The highest BCUT2D eigenvalue weighted by atomic mass is 16.2. The van der Waals surface area contributed by atoms with Crippen LogP contribution in [0.5, 0.6) is 0 Å². The van der Waals surface area contributed by atoms with Gasteiger partial charge in [0.25, 0.3) is 0 Å². The highest BCUT2D eigenvalue weighted by Crippen LogP contribution is 2.29. The minimum absolute atomic E-state index is 0.0115. The Labute approximate surface area is 127 Å². The van der Waals surface area contributed by atoms with E-state index in [1.54, 1.807) is 0 Å². The van der Waals surface area contributed by atoms with Crippen LogP contribution in [-0.2, 0) is 0 Å². The van der Waals surface area contributed by atoms with E-state index in [-0.39, 0.29) is 18.1 Å². The monoisotopic (exact) mass is 289 g/mol. The van der Waals surface area contributed by atoms with Gasteiger partial charge in [-0.25, -0.2) is 4.79 Å². The first kappa shape index (κ1) is 15.8. The normalized spacial score (nSPS) is 27.0. The molecule has 1 aromatic rings. The predicted octanol–water partition coefficient (Wildman–Crippen LogP) is 3.65. The number of carbonyl (C=O) groups excluding carboxylic acids is 1. The summed E-state index contributed by atoms with van der Waals surface area (Å²) in [6.45, 7) is 6.44. The molecule has 1 fully saturated rings. The molecule has 4 N–H and O–H groups in total. The summed E-state index contributed by atoms with van der Waals surface area (Å²) in [5, 5.41) is 6.01. The van der Waals surface area contributed by atoms with Crippen LogP contribution in [0.2, 0.25) is 0 Å². The molecule has 2 amide bonds. The molecule has 116 valence electrons. The molecule has 1 saturated carbocycles. The van der Waals surface area contributed by atoms with Crippen LogP contribution in [-0.4, -0.2) is 12.1 Å². The molecule has 1 aliphatic rings. The van der Waals surface area contributed by atoms with E-state index in [4.69, 9.17) is 5.73 Å². The van der Waals surface area contributed by atoms with E-state index in [9.17, 15) is 4.79 Å². The summed E-state index contributed by atoms with van der Waals surface area (Å²) < 4.78 is 0. The van der Waals surface area contributed by atoms with Crippen LogP contribution in [0.1, 0.15) is 51.6 Å². The van der Waals surface area contributed by atoms with Crippen molar-refractivity contribution < 1.29 is 4.79 Å². The van der Waals surface area contributed by atoms with Crippen LogP contribution < -0.4 is 16.4 Å². The van der Waals surface area contributed by atoms with Gasteiger partial charge < -0.3 is 16.4 Å². The predicted molar refractivity (Wildman–Crippen MR) is 87.2 cm³/mol. The minimum Gasteiger partial charge on any atom is -0.335 e. The second-order valence-electron chi connectivity index (χ2n) is 6.38. The molecule has 0 heterocycles. The Balaban J connectivity index is 1.89. The maximum atomic E-state index is 12.1. The lowest BCUT2D eigenvalue weighted by Gasteiger charge is -2.34. The van der Waals surface area contributed by atoms with E-state index >= 15 is 0 Å². The number of amides is 2. The number of anilines is 1. The molecule has 21 heavy (non-hydrogen) atoms. The van der Waals surface area contributed by atoms with Crippen molar-refractivity contribution in [1.29, 1.82) is 0 Å². The molecule has 0 aliphatic heterocycles. The van der Waals surface area contributed by atoms with Crippen molar-refractivity contribution >= 4 is 11.7 Å². The second kappa shape index (κ2) is 6.94. The van der Waals surface area contributed by atoms with Crippen LogP contribution in [0.15, 0.2) is 24.3 Å². The summed E-state index contributed by atoms with van der Waals surface area (Å²) >= 11 is 0. The molecular weight excluding hydrogens is 262 g/mol. The Morgan fingerprint density at radius 2 is 1.90 bits per heavy atom. The highest BCUT2D eigenvalue weighted by molar-refractivity contribution is 5.89. The molecule has 1 aliphatic carbocycles. The molecule has 0 aromatic heterocycles. The molecule has 1 aromatic carbocycles. The lowest BCUT2D eigenvalue weighted by molar-refractivity contribution is 0.201. The van der Waals surface area contributed by atoms with Crippen LogP contribution in [0.4, 0.5) is 10.5 Å². The molecule has 0 bridgehead atoms. The summed E-state index contributed by atoms with van der Waals surface area (Å²) in [6, 6.07) is 7.86. The zero-order valence-corrected chi connectivity index (χ0v) is 13.2. The third-order valence-electron chi connectivity index (χ3n) is 4.72. The minimum atomic E-state index is -0.116. The van der Waals surface area contributed by atoms with Crippen molar-refractivity contribution in [3.63, 3.8) is 0 Å². The van der Waals surface area contributed by atoms with Crippen molar-refractivity contribution in [2.45, 2.75) is 52.1 Å². The fourth-order valence-electron chi connectivity index (χ4n) is 2.99. The summed E-state index contributed by atoms with van der Waals surface area (Å²) in [5.41, 5.74) is 7.68. The average Bonchev–Trinajstić information content (AvgIpc) is 2.44. The van der Waals surface area contributed by atoms with E-state index in [0.29, 0.717) is 11.8 Å². The maximum Gasteiger partial charge on any atom is 0.319 e. The molecule has 4 unspecified atom stereocenters. The SMILES string of the molecule is CC(N)c1ccc(NC(=O)NC2CCCC(C)C2C)cc1. The Bertz CT molecular complexity index is 469. The van der Waals surface area contributed by atoms with Gasteiger partial charge in [-0.05, 0) is 42.9 Å². The van der Waals surface area contributed by atoms with Gasteiger partial charge in [0.2, 0.25) is 0 Å². The van der Waals surface area contributed by atoms with Gasteiger partial charge in [-0.3, -0.25) is 0 Å². The maximum absolute atomic E-state index is 12.1. The van der Waals surface area contributed by atoms with Gasteiger partial charge in [0, 0.05) is 17.8 Å². The standard InChI is InChI=1S/C17H27N3O/c1-11-5-4-6-16(12(11)2)20-17(21)19-15-9-7-14(8-10-15)13(3)18/h7-13,16H,4-6,18H2,1-3H3,(H2,19,20,21). The second-order valence-corrected chi connectivity index (χ2v) is 6.38. The molecule has 4 nitrogen and oxygen atoms in total. The molecule has 0 spiro atoms. The third-order valence-corrected chi connectivity index (χ3v) is 4.72. The number of carbonyl (C=O) groups is 1. The Morgan fingerprint density at radius 3 is 2.52 bits per heavy atom. The number of hydrogen-bond acceptors (Lipinski definition) is 2. The van der Waals surface area contributed by atoms with Crippen molar-refractivity contribution in [1.82, 2.24) is 5.32 Å². The average molecular weight is 289 g/mol. The van der Waals surface area contributed by atoms with Gasteiger partial charge in [0.05, 0.1) is 0 Å². The van der Waals surface area contributed by atoms with E-state index < -0.39 is 0 Å². The van der Waals surface area contributed by atoms with Gasteiger partial charge in [-0.15, -0.1) is 0 Å².